The lowest BCUT2D eigenvalue weighted by atomic mass is 10.2. The highest BCUT2D eigenvalue weighted by Gasteiger charge is 1.93. The van der Waals surface area contributed by atoms with Crippen LogP contribution in [0, 0.1) is 0 Å². The number of ketones is 1. The van der Waals surface area contributed by atoms with Crippen molar-refractivity contribution in [3.63, 3.8) is 0 Å². The van der Waals surface area contributed by atoms with Crippen LogP contribution in [0.25, 0.3) is 6.08 Å². The number of rotatable bonds is 3. The number of carbonyl (C=O) groups is 1. The number of allylic oxidation sites excluding steroid dienone is 1. The first-order chi connectivity index (χ1) is 6.20. The number of carbonyl (C=O) groups excluding carboxylic acids is 1. The highest BCUT2D eigenvalue weighted by molar-refractivity contribution is 6.32. The number of Topliss-reactive ketones (excluding diaryl/α,β-unsaturated/α-hetero) is 1. The SMILES string of the molecule is CC(=O)C/C=C/c1ccccc1Cl. The quantitative estimate of drug-likeness (QED) is 0.722. The molecule has 0 unspecified atom stereocenters. The number of halogens is 1. The fraction of sp³-hybridized carbons (Fsp3) is 0.182. The summed E-state index contributed by atoms with van der Waals surface area (Å²) in [4.78, 5) is 10.6. The van der Waals surface area contributed by atoms with E-state index in [2.05, 4.69) is 0 Å². The molecule has 1 aromatic carbocycles. The lowest BCUT2D eigenvalue weighted by Gasteiger charge is -1.95. The number of hydrogen-bond acceptors (Lipinski definition) is 1. The first-order valence-electron chi connectivity index (χ1n) is 4.10. The molecule has 1 aromatic rings. The van der Waals surface area contributed by atoms with E-state index in [0.717, 1.165) is 5.56 Å². The van der Waals surface area contributed by atoms with Crippen LogP contribution in [0.4, 0.5) is 0 Å². The maximum absolute atomic E-state index is 10.6. The molecule has 0 aliphatic carbocycles. The average molecular weight is 195 g/mol. The van der Waals surface area contributed by atoms with Crippen molar-refractivity contribution in [3.8, 4) is 0 Å². The van der Waals surface area contributed by atoms with Crippen molar-refractivity contribution in [2.75, 3.05) is 0 Å². The van der Waals surface area contributed by atoms with Gasteiger partial charge in [-0.3, -0.25) is 4.79 Å². The summed E-state index contributed by atoms with van der Waals surface area (Å²) in [6, 6.07) is 7.54. The van der Waals surface area contributed by atoms with Gasteiger partial charge in [0, 0.05) is 11.4 Å². The molecular formula is C11H11ClO. The molecular weight excluding hydrogens is 184 g/mol. The van der Waals surface area contributed by atoms with E-state index in [1.165, 1.54) is 0 Å². The third-order valence-corrected chi connectivity index (χ3v) is 1.95. The zero-order valence-electron chi connectivity index (χ0n) is 7.46. The molecule has 0 saturated carbocycles. The van der Waals surface area contributed by atoms with E-state index >= 15 is 0 Å². The summed E-state index contributed by atoms with van der Waals surface area (Å²) in [5.41, 5.74) is 0.949. The molecule has 0 aromatic heterocycles. The monoisotopic (exact) mass is 194 g/mol. The Kier molecular flexibility index (Phi) is 3.71. The van der Waals surface area contributed by atoms with Gasteiger partial charge in [-0.15, -0.1) is 0 Å². The van der Waals surface area contributed by atoms with Gasteiger partial charge in [-0.25, -0.2) is 0 Å². The van der Waals surface area contributed by atoms with Crippen molar-refractivity contribution in [2.24, 2.45) is 0 Å². The van der Waals surface area contributed by atoms with Crippen LogP contribution in [0.2, 0.25) is 5.02 Å². The minimum Gasteiger partial charge on any atom is -0.300 e. The second-order valence-corrected chi connectivity index (χ2v) is 3.24. The lowest BCUT2D eigenvalue weighted by molar-refractivity contribution is -0.116. The van der Waals surface area contributed by atoms with Gasteiger partial charge in [0.1, 0.15) is 5.78 Å². The maximum Gasteiger partial charge on any atom is 0.133 e. The highest BCUT2D eigenvalue weighted by atomic mass is 35.5. The van der Waals surface area contributed by atoms with Gasteiger partial charge < -0.3 is 0 Å². The summed E-state index contributed by atoms with van der Waals surface area (Å²) < 4.78 is 0. The molecule has 13 heavy (non-hydrogen) atoms. The zero-order valence-corrected chi connectivity index (χ0v) is 8.21. The van der Waals surface area contributed by atoms with Crippen molar-refractivity contribution in [1.82, 2.24) is 0 Å². The van der Waals surface area contributed by atoms with Crippen LogP contribution in [-0.2, 0) is 4.79 Å². The van der Waals surface area contributed by atoms with Crippen LogP contribution in [0.1, 0.15) is 18.9 Å². The van der Waals surface area contributed by atoms with Gasteiger partial charge in [-0.2, -0.15) is 0 Å². The van der Waals surface area contributed by atoms with E-state index in [0.29, 0.717) is 11.4 Å². The molecule has 0 atom stereocenters. The first kappa shape index (κ1) is 10.0. The summed E-state index contributed by atoms with van der Waals surface area (Å²) in [5, 5.41) is 0.710. The molecule has 68 valence electrons. The van der Waals surface area contributed by atoms with Crippen LogP contribution in [0.5, 0.6) is 0 Å². The van der Waals surface area contributed by atoms with Crippen molar-refractivity contribution < 1.29 is 4.79 Å². The molecule has 0 saturated heterocycles. The van der Waals surface area contributed by atoms with Crippen LogP contribution in [-0.4, -0.2) is 5.78 Å². The number of benzene rings is 1. The second-order valence-electron chi connectivity index (χ2n) is 2.83. The van der Waals surface area contributed by atoms with Gasteiger partial charge in [-0.05, 0) is 18.6 Å². The Morgan fingerprint density at radius 2 is 2.15 bits per heavy atom. The Hall–Kier alpha value is -1.08. The lowest BCUT2D eigenvalue weighted by Crippen LogP contribution is -1.84. The Balaban J connectivity index is 2.68. The predicted molar refractivity (Wildman–Crippen MR) is 55.8 cm³/mol. The van der Waals surface area contributed by atoms with Crippen molar-refractivity contribution in [2.45, 2.75) is 13.3 Å². The largest absolute Gasteiger partial charge is 0.300 e. The average Bonchev–Trinajstić information content (AvgIpc) is 2.08. The number of hydrogen-bond donors (Lipinski definition) is 0. The Labute approximate surface area is 83.0 Å². The molecule has 0 bridgehead atoms. The van der Waals surface area contributed by atoms with E-state index in [1.807, 2.05) is 36.4 Å². The summed E-state index contributed by atoms with van der Waals surface area (Å²) in [6.45, 7) is 1.57. The van der Waals surface area contributed by atoms with Gasteiger partial charge >= 0.3 is 0 Å². The van der Waals surface area contributed by atoms with Crippen LogP contribution in [0.15, 0.2) is 30.3 Å². The molecule has 2 heteroatoms. The van der Waals surface area contributed by atoms with Gasteiger partial charge in [-0.1, -0.05) is 42.0 Å². The summed E-state index contributed by atoms with van der Waals surface area (Å²) >= 11 is 5.90. The van der Waals surface area contributed by atoms with Gasteiger partial charge in [0.2, 0.25) is 0 Å². The molecule has 1 rings (SSSR count). The predicted octanol–water partition coefficient (Wildman–Crippen LogP) is 3.33. The molecule has 0 amide bonds. The van der Waals surface area contributed by atoms with Crippen LogP contribution < -0.4 is 0 Å². The van der Waals surface area contributed by atoms with Crippen LogP contribution >= 0.6 is 11.6 Å². The third-order valence-electron chi connectivity index (χ3n) is 1.61. The summed E-state index contributed by atoms with van der Waals surface area (Å²) in [7, 11) is 0. The molecule has 0 fully saturated rings. The molecule has 0 radical (unpaired) electrons. The van der Waals surface area contributed by atoms with Crippen molar-refractivity contribution >= 4 is 23.5 Å². The summed E-state index contributed by atoms with van der Waals surface area (Å²) in [5.74, 6) is 0.156. The molecule has 1 nitrogen and oxygen atoms in total. The minimum absolute atomic E-state index is 0.156. The van der Waals surface area contributed by atoms with E-state index < -0.39 is 0 Å². The fourth-order valence-corrected chi connectivity index (χ4v) is 1.16. The Morgan fingerprint density at radius 3 is 2.77 bits per heavy atom. The fourth-order valence-electron chi connectivity index (χ4n) is 0.962. The molecule has 0 spiro atoms. The summed E-state index contributed by atoms with van der Waals surface area (Å²) in [6.07, 6.45) is 4.15. The first-order valence-corrected chi connectivity index (χ1v) is 4.48. The van der Waals surface area contributed by atoms with E-state index in [-0.39, 0.29) is 5.78 Å². The third kappa shape index (κ3) is 3.43. The Morgan fingerprint density at radius 1 is 1.46 bits per heavy atom. The molecule has 0 N–H and O–H groups in total. The van der Waals surface area contributed by atoms with E-state index in [4.69, 9.17) is 11.6 Å². The smallest absolute Gasteiger partial charge is 0.133 e. The Bertz CT molecular complexity index is 329. The van der Waals surface area contributed by atoms with Crippen molar-refractivity contribution in [3.05, 3.63) is 40.9 Å². The molecule has 0 aliphatic rings. The topological polar surface area (TPSA) is 17.1 Å². The standard InChI is InChI=1S/C11H11ClO/c1-9(13)5-4-7-10-6-2-3-8-11(10)12/h2-4,6-8H,5H2,1H3/b7-4+. The normalized spacial score (nSPS) is 10.6. The van der Waals surface area contributed by atoms with Gasteiger partial charge in [0.25, 0.3) is 0 Å². The van der Waals surface area contributed by atoms with Crippen molar-refractivity contribution in [1.29, 1.82) is 0 Å². The zero-order chi connectivity index (χ0) is 9.68. The molecule has 0 heterocycles. The maximum atomic E-state index is 10.6. The van der Waals surface area contributed by atoms with Gasteiger partial charge in [0.15, 0.2) is 0 Å². The second kappa shape index (κ2) is 4.83. The van der Waals surface area contributed by atoms with E-state index in [9.17, 15) is 4.79 Å². The van der Waals surface area contributed by atoms with E-state index in [1.54, 1.807) is 6.92 Å². The van der Waals surface area contributed by atoms with Crippen LogP contribution in [0.3, 0.4) is 0 Å². The highest BCUT2D eigenvalue weighted by Crippen LogP contribution is 2.16. The van der Waals surface area contributed by atoms with Gasteiger partial charge in [0.05, 0.1) is 0 Å². The molecule has 0 aliphatic heterocycles. The minimum atomic E-state index is 0.156.